The molecule has 4 aromatic rings. The van der Waals surface area contributed by atoms with Gasteiger partial charge in [-0.3, -0.25) is 0 Å². The summed E-state index contributed by atoms with van der Waals surface area (Å²) < 4.78 is 0. The number of hydrogen-bond acceptors (Lipinski definition) is 0. The predicted octanol–water partition coefficient (Wildman–Crippen LogP) is 10.0. The number of hydrogen-bond donors (Lipinski definition) is 0. The van der Waals surface area contributed by atoms with Crippen molar-refractivity contribution in [3.63, 3.8) is 0 Å². The van der Waals surface area contributed by atoms with E-state index in [0.29, 0.717) is 0 Å². The van der Waals surface area contributed by atoms with Crippen LogP contribution in [0.1, 0.15) is 51.4 Å². The Kier molecular flexibility index (Phi) is 6.15. The van der Waals surface area contributed by atoms with E-state index in [0.717, 1.165) is 12.8 Å². The molecule has 0 amide bonds. The van der Waals surface area contributed by atoms with Gasteiger partial charge in [-0.2, -0.15) is 0 Å². The number of aryl methyl sites for hydroxylation is 4. The van der Waals surface area contributed by atoms with Crippen LogP contribution in [-0.2, 0) is 12.8 Å². The SMILES string of the molecule is CC[Si](C)(C1=Cc2c(cccc2-c2c(C)cccc2C)C1)C1=Cc2c(cccc2-c2c(C)cccc2C)C1. The highest BCUT2D eigenvalue weighted by Gasteiger charge is 2.38. The Morgan fingerprint density at radius 3 is 1.29 bits per heavy atom. The fraction of sp³-hybridized carbons (Fsp3) is 0.243. The lowest BCUT2D eigenvalue weighted by molar-refractivity contribution is 1.19. The first-order valence-corrected chi connectivity index (χ1v) is 16.8. The van der Waals surface area contributed by atoms with Crippen molar-refractivity contribution in [3.05, 3.63) is 128 Å². The van der Waals surface area contributed by atoms with Crippen LogP contribution < -0.4 is 0 Å². The molecule has 4 aromatic carbocycles. The van der Waals surface area contributed by atoms with Crippen LogP contribution in [0.25, 0.3) is 34.4 Å². The van der Waals surface area contributed by atoms with Gasteiger partial charge in [-0.25, -0.2) is 0 Å². The van der Waals surface area contributed by atoms with E-state index in [1.807, 2.05) is 0 Å². The average molecular weight is 511 g/mol. The zero-order valence-corrected chi connectivity index (χ0v) is 24.7. The molecule has 0 fully saturated rings. The van der Waals surface area contributed by atoms with Gasteiger partial charge >= 0.3 is 0 Å². The molecule has 6 rings (SSSR count). The molecule has 0 saturated carbocycles. The third-order valence-electron chi connectivity index (χ3n) is 9.42. The van der Waals surface area contributed by atoms with Crippen LogP contribution in [0, 0.1) is 27.7 Å². The topological polar surface area (TPSA) is 0 Å². The monoisotopic (exact) mass is 510 g/mol. The van der Waals surface area contributed by atoms with E-state index in [1.165, 1.54) is 72.8 Å². The molecule has 0 saturated heterocycles. The van der Waals surface area contributed by atoms with Gasteiger partial charge in [0.2, 0.25) is 0 Å². The molecular formula is C37H38Si. The Bertz CT molecular complexity index is 1490. The molecule has 0 N–H and O–H groups in total. The van der Waals surface area contributed by atoms with Crippen molar-refractivity contribution in [1.29, 1.82) is 0 Å². The average Bonchev–Trinajstić information content (AvgIpc) is 3.54. The van der Waals surface area contributed by atoms with Gasteiger partial charge in [0.05, 0.1) is 0 Å². The highest BCUT2D eigenvalue weighted by molar-refractivity contribution is 6.93. The standard InChI is InChI=1S/C37H38Si/c1-7-38(6,30-20-28-16-10-18-32(34(28)22-30)36-24(2)12-8-13-25(36)3)31-21-29-17-11-19-33(35(29)23-31)37-26(4)14-9-15-27(37)5/h8-19,22-23H,7,20-21H2,1-6H3. The van der Waals surface area contributed by atoms with E-state index in [9.17, 15) is 0 Å². The second-order valence-electron chi connectivity index (χ2n) is 11.7. The number of allylic oxidation sites excluding steroid dienone is 2. The van der Waals surface area contributed by atoms with Crippen molar-refractivity contribution >= 4 is 20.2 Å². The first-order chi connectivity index (χ1) is 18.3. The molecule has 38 heavy (non-hydrogen) atoms. The molecule has 2 aliphatic rings. The maximum atomic E-state index is 2.62. The molecule has 0 atom stereocenters. The summed E-state index contributed by atoms with van der Waals surface area (Å²) in [5.74, 6) is 0. The first-order valence-electron chi connectivity index (χ1n) is 14.1. The van der Waals surface area contributed by atoms with Crippen molar-refractivity contribution in [2.75, 3.05) is 0 Å². The van der Waals surface area contributed by atoms with Gasteiger partial charge < -0.3 is 0 Å². The Morgan fingerprint density at radius 2 is 0.921 bits per heavy atom. The summed E-state index contributed by atoms with van der Waals surface area (Å²) in [6.45, 7) is 14.1. The van der Waals surface area contributed by atoms with E-state index in [4.69, 9.17) is 0 Å². The van der Waals surface area contributed by atoms with Crippen LogP contribution >= 0.6 is 0 Å². The molecule has 0 aromatic heterocycles. The summed E-state index contributed by atoms with van der Waals surface area (Å²) >= 11 is 0. The van der Waals surface area contributed by atoms with Crippen LogP contribution in [0.15, 0.2) is 83.2 Å². The third-order valence-corrected chi connectivity index (χ3v) is 14.3. The van der Waals surface area contributed by atoms with Crippen molar-refractivity contribution in [1.82, 2.24) is 0 Å². The van der Waals surface area contributed by atoms with E-state index >= 15 is 0 Å². The summed E-state index contributed by atoms with van der Waals surface area (Å²) in [5.41, 5.74) is 17.0. The van der Waals surface area contributed by atoms with E-state index < -0.39 is 8.07 Å². The number of rotatable bonds is 5. The molecule has 0 nitrogen and oxygen atoms in total. The lowest BCUT2D eigenvalue weighted by atomic mass is 9.91. The smallest absolute Gasteiger partial charge is 0.0712 e. The summed E-state index contributed by atoms with van der Waals surface area (Å²) in [4.78, 5) is 0. The fourth-order valence-electron chi connectivity index (χ4n) is 7.02. The van der Waals surface area contributed by atoms with Crippen molar-refractivity contribution in [2.45, 2.75) is 60.1 Å². The summed E-state index contributed by atoms with van der Waals surface area (Å²) in [5, 5.41) is 3.39. The second-order valence-corrected chi connectivity index (χ2v) is 16.3. The number of fused-ring (bicyclic) bond motifs is 2. The van der Waals surface area contributed by atoms with E-state index in [1.54, 1.807) is 10.4 Å². The molecule has 0 bridgehead atoms. The first kappa shape index (κ1) is 24.9. The normalized spacial score (nSPS) is 14.3. The molecule has 0 spiro atoms. The molecule has 0 unspecified atom stereocenters. The molecular weight excluding hydrogens is 472 g/mol. The molecule has 0 heterocycles. The fourth-order valence-corrected chi connectivity index (χ4v) is 10.4. The van der Waals surface area contributed by atoms with E-state index in [-0.39, 0.29) is 0 Å². The zero-order valence-electron chi connectivity index (χ0n) is 23.7. The highest BCUT2D eigenvalue weighted by atomic mass is 28.3. The van der Waals surface area contributed by atoms with Crippen molar-refractivity contribution < 1.29 is 0 Å². The molecule has 0 aliphatic heterocycles. The van der Waals surface area contributed by atoms with Crippen LogP contribution in [0.3, 0.4) is 0 Å². The quantitative estimate of drug-likeness (QED) is 0.234. The third kappa shape index (κ3) is 3.87. The Balaban J connectivity index is 1.44. The minimum absolute atomic E-state index is 1.10. The Labute approximate surface area is 229 Å². The van der Waals surface area contributed by atoms with Gasteiger partial charge in [0.25, 0.3) is 0 Å². The Morgan fingerprint density at radius 1 is 0.553 bits per heavy atom. The van der Waals surface area contributed by atoms with Gasteiger partial charge in [0, 0.05) is 0 Å². The van der Waals surface area contributed by atoms with Crippen LogP contribution in [-0.4, -0.2) is 8.07 Å². The number of benzene rings is 4. The predicted molar refractivity (Wildman–Crippen MR) is 168 cm³/mol. The summed E-state index contributed by atoms with van der Waals surface area (Å²) in [6.07, 6.45) is 7.40. The molecule has 190 valence electrons. The van der Waals surface area contributed by atoms with Crippen LogP contribution in [0.4, 0.5) is 0 Å². The summed E-state index contributed by atoms with van der Waals surface area (Å²) in [6, 6.07) is 28.5. The van der Waals surface area contributed by atoms with Gasteiger partial charge in [-0.1, -0.05) is 115 Å². The minimum atomic E-state index is -1.83. The molecule has 1 heteroatoms. The lowest BCUT2D eigenvalue weighted by Gasteiger charge is -2.30. The van der Waals surface area contributed by atoms with Gasteiger partial charge in [-0.15, -0.1) is 0 Å². The van der Waals surface area contributed by atoms with Gasteiger partial charge in [-0.05, 0) is 107 Å². The molecule has 0 radical (unpaired) electrons. The second kappa shape index (κ2) is 9.40. The van der Waals surface area contributed by atoms with Crippen molar-refractivity contribution in [3.8, 4) is 22.3 Å². The highest BCUT2D eigenvalue weighted by Crippen LogP contribution is 2.46. The van der Waals surface area contributed by atoms with Crippen molar-refractivity contribution in [2.24, 2.45) is 0 Å². The maximum absolute atomic E-state index is 2.62. The van der Waals surface area contributed by atoms with Gasteiger partial charge in [0.1, 0.15) is 8.07 Å². The maximum Gasteiger partial charge on any atom is 0.106 e. The van der Waals surface area contributed by atoms with Crippen LogP contribution in [0.5, 0.6) is 0 Å². The molecule has 2 aliphatic carbocycles. The zero-order chi connectivity index (χ0) is 26.6. The summed E-state index contributed by atoms with van der Waals surface area (Å²) in [7, 11) is -1.83. The lowest BCUT2D eigenvalue weighted by Crippen LogP contribution is -2.35. The minimum Gasteiger partial charge on any atom is -0.0712 e. The largest absolute Gasteiger partial charge is 0.106 e. The van der Waals surface area contributed by atoms with E-state index in [2.05, 4.69) is 126 Å². The Hall–Kier alpha value is -3.42. The van der Waals surface area contributed by atoms with Gasteiger partial charge in [0.15, 0.2) is 0 Å². The van der Waals surface area contributed by atoms with Crippen LogP contribution in [0.2, 0.25) is 12.6 Å².